The van der Waals surface area contributed by atoms with Crippen molar-refractivity contribution >= 4 is 77.8 Å². The van der Waals surface area contributed by atoms with Gasteiger partial charge in [0, 0.05) is 4.47 Å². The molecule has 0 saturated carbocycles. The van der Waals surface area contributed by atoms with Crippen LogP contribution in [0, 0.1) is 0 Å². The van der Waals surface area contributed by atoms with Gasteiger partial charge >= 0.3 is 0 Å². The van der Waals surface area contributed by atoms with E-state index in [1.807, 2.05) is 0 Å². The number of sulfonamides is 1. The van der Waals surface area contributed by atoms with Gasteiger partial charge in [0.1, 0.15) is 9.23 Å². The summed E-state index contributed by atoms with van der Waals surface area (Å²) in [6, 6.07) is 6.13. The number of thiophene rings is 1. The minimum absolute atomic E-state index is 0.0693. The van der Waals surface area contributed by atoms with Gasteiger partial charge in [0.25, 0.3) is 10.0 Å². The van der Waals surface area contributed by atoms with Crippen LogP contribution in [0.15, 0.2) is 33.6 Å². The number of anilines is 1. The third-order valence-corrected chi connectivity index (χ3v) is 6.03. The zero-order valence-corrected chi connectivity index (χ0v) is 14.4. The zero-order valence-electron chi connectivity index (χ0n) is 8.95. The first-order valence-corrected chi connectivity index (χ1v) is 8.95. The number of halogens is 4. The molecule has 9 heteroatoms. The molecule has 0 saturated heterocycles. The summed E-state index contributed by atoms with van der Waals surface area (Å²) in [7, 11) is -3.82. The normalized spacial score (nSPS) is 11.6. The quantitative estimate of drug-likeness (QED) is 0.734. The predicted molar refractivity (Wildman–Crippen MR) is 84.3 cm³/mol. The molecule has 1 aromatic carbocycles. The number of hydrogen-bond donors (Lipinski definition) is 1. The number of nitrogens with one attached hydrogen (secondary N) is 1. The van der Waals surface area contributed by atoms with E-state index in [4.69, 9.17) is 34.8 Å². The van der Waals surface area contributed by atoms with E-state index in [2.05, 4.69) is 20.7 Å². The Kier molecular flexibility index (Phi) is 4.70. The average molecular weight is 422 g/mol. The molecule has 0 aliphatic rings. The van der Waals surface area contributed by atoms with Crippen molar-refractivity contribution in [2.75, 3.05) is 4.72 Å². The van der Waals surface area contributed by atoms with E-state index in [0.29, 0.717) is 8.81 Å². The molecule has 1 aromatic heterocycles. The lowest BCUT2D eigenvalue weighted by Crippen LogP contribution is -2.12. The highest BCUT2D eigenvalue weighted by atomic mass is 79.9. The van der Waals surface area contributed by atoms with Crippen molar-refractivity contribution in [3.05, 3.63) is 42.4 Å². The lowest BCUT2D eigenvalue weighted by molar-refractivity contribution is 0.601. The zero-order chi connectivity index (χ0) is 14.2. The minimum atomic E-state index is -3.82. The van der Waals surface area contributed by atoms with Gasteiger partial charge < -0.3 is 0 Å². The van der Waals surface area contributed by atoms with Gasteiger partial charge in [-0.3, -0.25) is 4.72 Å². The first-order chi connectivity index (χ1) is 8.79. The second kappa shape index (κ2) is 5.79. The molecule has 102 valence electrons. The van der Waals surface area contributed by atoms with Crippen molar-refractivity contribution in [1.29, 1.82) is 0 Å². The Balaban J connectivity index is 2.42. The first kappa shape index (κ1) is 15.4. The van der Waals surface area contributed by atoms with Crippen LogP contribution >= 0.6 is 62.1 Å². The van der Waals surface area contributed by atoms with Gasteiger partial charge in [-0.15, -0.1) is 11.3 Å². The van der Waals surface area contributed by atoms with Gasteiger partial charge in [-0.1, -0.05) is 50.7 Å². The molecule has 0 unspecified atom stereocenters. The third-order valence-electron chi connectivity index (χ3n) is 2.09. The van der Waals surface area contributed by atoms with Crippen molar-refractivity contribution in [2.24, 2.45) is 0 Å². The van der Waals surface area contributed by atoms with Crippen LogP contribution in [0.3, 0.4) is 0 Å². The van der Waals surface area contributed by atoms with Crippen LogP contribution in [-0.4, -0.2) is 8.42 Å². The summed E-state index contributed by atoms with van der Waals surface area (Å²) in [5.74, 6) is 0. The molecular weight excluding hydrogens is 417 g/mol. The smallest absolute Gasteiger partial charge is 0.264 e. The fourth-order valence-electron chi connectivity index (χ4n) is 1.28. The highest BCUT2D eigenvalue weighted by Gasteiger charge is 2.22. The summed E-state index contributed by atoms with van der Waals surface area (Å²) < 4.78 is 27.8. The second-order valence-electron chi connectivity index (χ2n) is 3.42. The summed E-state index contributed by atoms with van der Waals surface area (Å²) in [6.45, 7) is 0. The molecule has 0 spiro atoms. The van der Waals surface area contributed by atoms with E-state index in [0.717, 1.165) is 11.3 Å². The summed E-state index contributed by atoms with van der Waals surface area (Å²) in [5, 5.41) is 0.282. The van der Waals surface area contributed by atoms with Crippen molar-refractivity contribution in [1.82, 2.24) is 0 Å². The van der Waals surface area contributed by atoms with Gasteiger partial charge in [-0.2, -0.15) is 0 Å². The van der Waals surface area contributed by atoms with Crippen LogP contribution in [0.4, 0.5) is 5.69 Å². The van der Waals surface area contributed by atoms with Crippen molar-refractivity contribution in [3.63, 3.8) is 0 Å². The Labute approximate surface area is 137 Å². The summed E-state index contributed by atoms with van der Waals surface area (Å²) in [6.07, 6.45) is 0. The van der Waals surface area contributed by atoms with Gasteiger partial charge in [0.2, 0.25) is 0 Å². The van der Waals surface area contributed by atoms with E-state index >= 15 is 0 Å². The Morgan fingerprint density at radius 3 is 2.42 bits per heavy atom. The van der Waals surface area contributed by atoms with E-state index < -0.39 is 10.0 Å². The molecule has 1 N–H and O–H groups in total. The maximum absolute atomic E-state index is 12.2. The molecule has 0 fully saturated rings. The Bertz CT molecular complexity index is 730. The predicted octanol–water partition coefficient (Wildman–Crippen LogP) is 5.27. The summed E-state index contributed by atoms with van der Waals surface area (Å²) >= 11 is 21.7. The van der Waals surface area contributed by atoms with Crippen molar-refractivity contribution in [3.8, 4) is 0 Å². The maximum atomic E-state index is 12.2. The first-order valence-electron chi connectivity index (χ1n) is 4.72. The largest absolute Gasteiger partial charge is 0.278 e. The van der Waals surface area contributed by atoms with Crippen LogP contribution in [0.2, 0.25) is 13.7 Å². The van der Waals surface area contributed by atoms with E-state index in [9.17, 15) is 8.42 Å². The van der Waals surface area contributed by atoms with Gasteiger partial charge in [-0.25, -0.2) is 8.42 Å². The maximum Gasteiger partial charge on any atom is 0.264 e. The van der Waals surface area contributed by atoms with Crippen LogP contribution in [0.25, 0.3) is 0 Å². The molecule has 0 aliphatic heterocycles. The van der Waals surface area contributed by atoms with Crippen LogP contribution in [0.1, 0.15) is 0 Å². The SMILES string of the molecule is O=S(=O)(Nc1cc(Br)ccc1Cl)c1cc(Cl)sc1Cl. The Hall–Kier alpha value is 0.0200. The fourth-order valence-corrected chi connectivity index (χ4v) is 5.09. The van der Waals surface area contributed by atoms with Crippen LogP contribution < -0.4 is 4.72 Å². The molecule has 2 rings (SSSR count). The average Bonchev–Trinajstić information content (AvgIpc) is 2.63. The molecule has 0 atom stereocenters. The molecule has 0 bridgehead atoms. The molecule has 1 heterocycles. The van der Waals surface area contributed by atoms with Gasteiger partial charge in [-0.05, 0) is 24.3 Å². The number of rotatable bonds is 3. The molecular formula is C10H5BrCl3NO2S2. The monoisotopic (exact) mass is 419 g/mol. The van der Waals surface area contributed by atoms with Crippen LogP contribution in [-0.2, 0) is 10.0 Å². The third kappa shape index (κ3) is 3.56. The van der Waals surface area contributed by atoms with Gasteiger partial charge in [0.15, 0.2) is 0 Å². The number of hydrogen-bond acceptors (Lipinski definition) is 3. The summed E-state index contributed by atoms with van der Waals surface area (Å²) in [4.78, 5) is -0.0693. The van der Waals surface area contributed by atoms with Gasteiger partial charge in [0.05, 0.1) is 15.0 Å². The highest BCUT2D eigenvalue weighted by molar-refractivity contribution is 9.10. The Morgan fingerprint density at radius 1 is 1.16 bits per heavy atom. The van der Waals surface area contributed by atoms with E-state index in [1.165, 1.54) is 6.07 Å². The van der Waals surface area contributed by atoms with E-state index in [-0.39, 0.29) is 19.9 Å². The molecule has 0 radical (unpaired) electrons. The fraction of sp³-hybridized carbons (Fsp3) is 0. The number of benzene rings is 1. The molecule has 2 aromatic rings. The standard InChI is InChI=1S/C10H5BrCl3NO2S2/c11-5-1-2-6(12)7(3-5)15-19(16,17)8-4-9(13)18-10(8)14/h1-4,15H. The molecule has 19 heavy (non-hydrogen) atoms. The minimum Gasteiger partial charge on any atom is -0.278 e. The lowest BCUT2D eigenvalue weighted by atomic mass is 10.3. The lowest BCUT2D eigenvalue weighted by Gasteiger charge is -2.09. The molecule has 0 aliphatic carbocycles. The van der Waals surface area contributed by atoms with Crippen LogP contribution in [0.5, 0.6) is 0 Å². The van der Waals surface area contributed by atoms with Crippen molar-refractivity contribution < 1.29 is 8.42 Å². The Morgan fingerprint density at radius 2 is 1.84 bits per heavy atom. The summed E-state index contributed by atoms with van der Waals surface area (Å²) in [5.41, 5.74) is 0.259. The van der Waals surface area contributed by atoms with Crippen molar-refractivity contribution in [2.45, 2.75) is 4.90 Å². The molecule has 0 amide bonds. The molecule has 3 nitrogen and oxygen atoms in total. The highest BCUT2D eigenvalue weighted by Crippen LogP contribution is 2.36. The van der Waals surface area contributed by atoms with E-state index in [1.54, 1.807) is 18.2 Å². The topological polar surface area (TPSA) is 46.2 Å². The second-order valence-corrected chi connectivity index (χ2v) is 8.68.